The maximum absolute atomic E-state index is 12.3. The average Bonchev–Trinajstić information content (AvgIpc) is 2.82. The molecular weight excluding hydrogens is 398 g/mol. The smallest absolute Gasteiger partial charge is 0.267 e. The molecular formula is C22H33N5O4. The van der Waals surface area contributed by atoms with E-state index in [9.17, 15) is 9.59 Å². The van der Waals surface area contributed by atoms with Crippen molar-refractivity contribution in [1.82, 2.24) is 20.8 Å². The molecule has 1 aliphatic heterocycles. The molecule has 31 heavy (non-hydrogen) atoms. The van der Waals surface area contributed by atoms with Gasteiger partial charge in [0.1, 0.15) is 11.9 Å². The Hall–Kier alpha value is -2.52. The van der Waals surface area contributed by atoms with Gasteiger partial charge in [-0.2, -0.15) is 0 Å². The predicted octanol–water partition coefficient (Wildman–Crippen LogP) is 2.56. The molecule has 1 aromatic rings. The lowest BCUT2D eigenvalue weighted by molar-refractivity contribution is -0.198. The van der Waals surface area contributed by atoms with Crippen LogP contribution in [-0.4, -0.2) is 47.3 Å². The molecule has 9 nitrogen and oxygen atoms in total. The van der Waals surface area contributed by atoms with Gasteiger partial charge in [0.2, 0.25) is 5.91 Å². The minimum atomic E-state index is -0.413. The number of carbonyl (C=O) groups excluding carboxylic acids is 2. The highest BCUT2D eigenvalue weighted by molar-refractivity contribution is 5.90. The number of hydroxylamine groups is 1. The highest BCUT2D eigenvalue weighted by Crippen LogP contribution is 2.22. The minimum Gasteiger partial charge on any atom is -0.357 e. The quantitative estimate of drug-likeness (QED) is 0.407. The van der Waals surface area contributed by atoms with Gasteiger partial charge in [0.15, 0.2) is 6.29 Å². The van der Waals surface area contributed by atoms with E-state index < -0.39 is 18.2 Å². The van der Waals surface area contributed by atoms with Crippen LogP contribution in [0.2, 0.25) is 0 Å². The fourth-order valence-electron chi connectivity index (χ4n) is 3.70. The van der Waals surface area contributed by atoms with E-state index >= 15 is 0 Å². The van der Waals surface area contributed by atoms with Crippen LogP contribution in [0.3, 0.4) is 0 Å². The Morgan fingerprint density at radius 2 is 1.97 bits per heavy atom. The third-order valence-electron chi connectivity index (χ3n) is 5.55. The molecule has 1 saturated carbocycles. The summed E-state index contributed by atoms with van der Waals surface area (Å²) < 4.78 is 5.38. The van der Waals surface area contributed by atoms with Crippen LogP contribution in [0.4, 0.5) is 5.82 Å². The molecule has 0 spiro atoms. The molecule has 0 bridgehead atoms. The molecule has 1 aliphatic carbocycles. The van der Waals surface area contributed by atoms with Crippen LogP contribution in [0, 0.1) is 5.92 Å². The summed E-state index contributed by atoms with van der Waals surface area (Å²) in [5.74, 6) is 0.643. The van der Waals surface area contributed by atoms with E-state index in [0.29, 0.717) is 24.0 Å². The molecule has 2 fully saturated rings. The van der Waals surface area contributed by atoms with Crippen molar-refractivity contribution in [3.05, 3.63) is 24.2 Å². The predicted molar refractivity (Wildman–Crippen MR) is 117 cm³/mol. The third kappa shape index (κ3) is 8.26. The van der Waals surface area contributed by atoms with Crippen molar-refractivity contribution >= 4 is 23.7 Å². The van der Waals surface area contributed by atoms with Gasteiger partial charge >= 0.3 is 0 Å². The van der Waals surface area contributed by atoms with E-state index in [2.05, 4.69) is 26.1 Å². The van der Waals surface area contributed by atoms with Crippen LogP contribution < -0.4 is 16.1 Å². The summed E-state index contributed by atoms with van der Waals surface area (Å²) in [4.78, 5) is 37.9. The molecule has 1 saturated heterocycles. The fourth-order valence-corrected chi connectivity index (χ4v) is 3.70. The van der Waals surface area contributed by atoms with Crippen LogP contribution in [0.25, 0.3) is 6.08 Å². The van der Waals surface area contributed by atoms with Gasteiger partial charge in [0.05, 0.1) is 18.1 Å². The number of hydrogen-bond donors (Lipinski definition) is 3. The number of amides is 2. The molecule has 1 aromatic heterocycles. The molecule has 2 atom stereocenters. The van der Waals surface area contributed by atoms with E-state index in [1.807, 2.05) is 0 Å². The first-order chi connectivity index (χ1) is 15.1. The zero-order valence-corrected chi connectivity index (χ0v) is 18.1. The Morgan fingerprint density at radius 3 is 2.68 bits per heavy atom. The van der Waals surface area contributed by atoms with Crippen molar-refractivity contribution in [1.29, 1.82) is 0 Å². The molecule has 2 amide bonds. The van der Waals surface area contributed by atoms with Crippen LogP contribution in [0.1, 0.15) is 64.0 Å². The zero-order valence-electron chi connectivity index (χ0n) is 18.1. The molecule has 3 N–H and O–H groups in total. The van der Waals surface area contributed by atoms with E-state index in [4.69, 9.17) is 9.57 Å². The lowest BCUT2D eigenvalue weighted by Crippen LogP contribution is -2.40. The second-order valence-corrected chi connectivity index (χ2v) is 8.16. The van der Waals surface area contributed by atoms with Gasteiger partial charge in [-0.15, -0.1) is 0 Å². The number of nitrogens with one attached hydrogen (secondary N) is 3. The highest BCUT2D eigenvalue weighted by atomic mass is 16.8. The molecule has 170 valence electrons. The lowest BCUT2D eigenvalue weighted by Gasteiger charge is -2.23. The summed E-state index contributed by atoms with van der Waals surface area (Å²) in [5, 5.41) is 6.08. The Labute approximate surface area is 183 Å². The topological polar surface area (TPSA) is 114 Å². The molecule has 1 unspecified atom stereocenters. The first kappa shape index (κ1) is 23.1. The van der Waals surface area contributed by atoms with Crippen molar-refractivity contribution < 1.29 is 19.2 Å². The highest BCUT2D eigenvalue weighted by Gasteiger charge is 2.18. The van der Waals surface area contributed by atoms with Gasteiger partial charge in [0, 0.05) is 25.6 Å². The molecule has 0 radical (unpaired) electrons. The second kappa shape index (κ2) is 12.4. The summed E-state index contributed by atoms with van der Waals surface area (Å²) >= 11 is 0. The van der Waals surface area contributed by atoms with Crippen molar-refractivity contribution in [2.75, 3.05) is 18.5 Å². The van der Waals surface area contributed by atoms with Gasteiger partial charge in [-0.1, -0.05) is 19.3 Å². The maximum atomic E-state index is 12.3. The number of aromatic nitrogens is 2. The number of nitrogens with zero attached hydrogens (tertiary/aromatic N) is 2. The maximum Gasteiger partial charge on any atom is 0.267 e. The first-order valence-corrected chi connectivity index (χ1v) is 11.2. The summed E-state index contributed by atoms with van der Waals surface area (Å²) in [6.45, 7) is 3.18. The Kier molecular flexibility index (Phi) is 9.23. The van der Waals surface area contributed by atoms with Crippen LogP contribution in [-0.2, 0) is 19.2 Å². The van der Waals surface area contributed by atoms with Gasteiger partial charge in [-0.05, 0) is 44.6 Å². The minimum absolute atomic E-state index is 0.0463. The zero-order chi connectivity index (χ0) is 21.9. The number of hydrogen-bond acceptors (Lipinski definition) is 7. The van der Waals surface area contributed by atoms with Crippen LogP contribution in [0.15, 0.2) is 18.5 Å². The van der Waals surface area contributed by atoms with E-state index in [1.165, 1.54) is 56.6 Å². The summed E-state index contributed by atoms with van der Waals surface area (Å²) in [7, 11) is 0. The van der Waals surface area contributed by atoms with Crippen LogP contribution in [0.5, 0.6) is 0 Å². The summed E-state index contributed by atoms with van der Waals surface area (Å²) in [6, 6.07) is -0.413. The van der Waals surface area contributed by atoms with Crippen molar-refractivity contribution in [3.63, 3.8) is 0 Å². The number of rotatable bonds is 9. The molecule has 9 heteroatoms. The van der Waals surface area contributed by atoms with Gasteiger partial charge in [0.25, 0.3) is 5.91 Å². The Morgan fingerprint density at radius 1 is 1.16 bits per heavy atom. The number of anilines is 1. The largest absolute Gasteiger partial charge is 0.357 e. The van der Waals surface area contributed by atoms with E-state index in [1.54, 1.807) is 6.92 Å². The number of ether oxygens (including phenoxy) is 1. The standard InChI is InChI=1S/C22H33N5O4/c1-16(22(29)25-13-17-7-3-2-4-8-17)26-19-15-23-18(14-24-19)10-11-20(28)27-31-21-9-5-6-12-30-21/h10-11,14-17,21H,2-9,12-13H2,1H3,(H,24,26)(H,25,29)(H,27,28)/b11-10+/t16-,21?/m0/s1. The number of carbonyl (C=O) groups is 2. The molecule has 0 aromatic carbocycles. The first-order valence-electron chi connectivity index (χ1n) is 11.2. The molecule has 2 aliphatic rings. The second-order valence-electron chi connectivity index (χ2n) is 8.16. The Bertz CT molecular complexity index is 728. The summed E-state index contributed by atoms with van der Waals surface area (Å²) in [5.41, 5.74) is 2.87. The van der Waals surface area contributed by atoms with Crippen molar-refractivity contribution in [2.24, 2.45) is 5.92 Å². The van der Waals surface area contributed by atoms with E-state index in [0.717, 1.165) is 25.8 Å². The SMILES string of the molecule is C[C@H](Nc1cnc(/C=C/C(=O)NOC2CCCCO2)cn1)C(=O)NCC1CCCCC1. The fraction of sp³-hybridized carbons (Fsp3) is 0.636. The van der Waals surface area contributed by atoms with E-state index in [-0.39, 0.29) is 5.91 Å². The monoisotopic (exact) mass is 431 g/mol. The Balaban J connectivity index is 1.37. The molecule has 3 rings (SSSR count). The van der Waals surface area contributed by atoms with Gasteiger partial charge in [-0.3, -0.25) is 14.6 Å². The van der Waals surface area contributed by atoms with Crippen molar-refractivity contribution in [2.45, 2.75) is 70.6 Å². The lowest BCUT2D eigenvalue weighted by atomic mass is 9.89. The van der Waals surface area contributed by atoms with Gasteiger partial charge < -0.3 is 15.4 Å². The third-order valence-corrected chi connectivity index (χ3v) is 5.55. The van der Waals surface area contributed by atoms with Crippen molar-refractivity contribution in [3.8, 4) is 0 Å². The molecule has 2 heterocycles. The average molecular weight is 432 g/mol. The van der Waals surface area contributed by atoms with Crippen LogP contribution >= 0.6 is 0 Å². The normalized spacial score (nSPS) is 20.9. The van der Waals surface area contributed by atoms with Gasteiger partial charge in [-0.25, -0.2) is 15.3 Å². The summed E-state index contributed by atoms with van der Waals surface area (Å²) in [6.07, 6.45) is 14.6.